The van der Waals surface area contributed by atoms with Crippen LogP contribution in [0.25, 0.3) is 5.76 Å². The van der Waals surface area contributed by atoms with Crippen molar-refractivity contribution in [3.05, 3.63) is 46.0 Å². The summed E-state index contributed by atoms with van der Waals surface area (Å²) in [5, 5.41) is 13.2. The molecule has 0 atom stereocenters. The number of ketones is 1. The first kappa shape index (κ1) is 15.3. The number of amides is 1. The molecule has 0 saturated heterocycles. The van der Waals surface area contributed by atoms with Crippen LogP contribution < -0.4 is 5.32 Å². The number of hydrogen-bond acceptors (Lipinski definition) is 6. The Balaban J connectivity index is 1.98. The summed E-state index contributed by atoms with van der Waals surface area (Å²) in [6.45, 7) is 1.36. The maximum absolute atomic E-state index is 13.2. The Morgan fingerprint density at radius 1 is 1.39 bits per heavy atom. The molecule has 2 aromatic rings. The van der Waals surface area contributed by atoms with Crippen LogP contribution in [0.3, 0.4) is 0 Å². The van der Waals surface area contributed by atoms with Crippen molar-refractivity contribution in [2.24, 2.45) is 0 Å². The number of hydrogen-bond donors (Lipinski definition) is 2. The van der Waals surface area contributed by atoms with Gasteiger partial charge in [0.2, 0.25) is 11.7 Å². The van der Waals surface area contributed by atoms with E-state index in [0.717, 1.165) is 23.6 Å². The summed E-state index contributed by atoms with van der Waals surface area (Å²) in [6, 6.07) is 1.12. The lowest BCUT2D eigenvalue weighted by Gasteiger charge is -2.14. The Hall–Kier alpha value is -2.61. The Labute approximate surface area is 134 Å². The first-order chi connectivity index (χ1) is 11.0. The second-order valence-corrected chi connectivity index (χ2v) is 6.02. The number of anilines is 1. The van der Waals surface area contributed by atoms with E-state index in [2.05, 4.69) is 15.3 Å². The van der Waals surface area contributed by atoms with Gasteiger partial charge in [-0.25, -0.2) is 9.37 Å². The number of aryl methyl sites for hydroxylation is 1. The smallest absolute Gasteiger partial charge is 0.223 e. The molecule has 1 aliphatic rings. The van der Waals surface area contributed by atoms with Gasteiger partial charge >= 0.3 is 0 Å². The number of halogens is 1. The van der Waals surface area contributed by atoms with E-state index >= 15 is 0 Å². The normalized spacial score (nSPS) is 16.0. The van der Waals surface area contributed by atoms with Crippen LogP contribution in [0.1, 0.15) is 34.3 Å². The summed E-state index contributed by atoms with van der Waals surface area (Å²) in [5.41, 5.74) is 0.948. The molecule has 2 heterocycles. The number of Topliss-reactive ketones (excluding diaryl/α,β-unsaturated/α-hetero) is 1. The predicted molar refractivity (Wildman–Crippen MR) is 82.8 cm³/mol. The fourth-order valence-electron chi connectivity index (χ4n) is 2.34. The number of nitrogens with one attached hydrogen (secondary N) is 1. The van der Waals surface area contributed by atoms with Gasteiger partial charge in [0.05, 0.1) is 11.9 Å². The summed E-state index contributed by atoms with van der Waals surface area (Å²) in [4.78, 5) is 31.9. The average molecular weight is 333 g/mol. The molecule has 0 fully saturated rings. The van der Waals surface area contributed by atoms with Crippen LogP contribution in [-0.4, -0.2) is 26.8 Å². The third-order valence-corrected chi connectivity index (χ3v) is 4.35. The fourth-order valence-corrected chi connectivity index (χ4v) is 3.36. The Bertz CT molecular complexity index is 844. The van der Waals surface area contributed by atoms with Crippen LogP contribution in [-0.2, 0) is 11.2 Å². The second kappa shape index (κ2) is 5.88. The van der Waals surface area contributed by atoms with E-state index in [9.17, 15) is 19.1 Å². The summed E-state index contributed by atoms with van der Waals surface area (Å²) in [5.74, 6) is -1.50. The zero-order valence-electron chi connectivity index (χ0n) is 12.1. The van der Waals surface area contributed by atoms with Gasteiger partial charge in [-0.15, -0.1) is 0 Å². The minimum Gasteiger partial charge on any atom is -0.507 e. The first-order valence-electron chi connectivity index (χ1n) is 6.80. The van der Waals surface area contributed by atoms with Crippen LogP contribution in [0, 0.1) is 5.82 Å². The quantitative estimate of drug-likeness (QED) is 0.651. The van der Waals surface area contributed by atoms with Crippen LogP contribution >= 0.6 is 11.3 Å². The largest absolute Gasteiger partial charge is 0.507 e. The van der Waals surface area contributed by atoms with Gasteiger partial charge in [-0.05, 0) is 18.9 Å². The van der Waals surface area contributed by atoms with Gasteiger partial charge in [-0.1, -0.05) is 11.3 Å². The molecule has 0 bridgehead atoms. The van der Waals surface area contributed by atoms with Crippen molar-refractivity contribution in [2.75, 3.05) is 5.32 Å². The molecule has 6 nitrogen and oxygen atoms in total. The molecule has 2 aromatic heterocycles. The molecule has 8 heteroatoms. The lowest BCUT2D eigenvalue weighted by atomic mass is 9.93. The van der Waals surface area contributed by atoms with Gasteiger partial charge in [0.1, 0.15) is 16.5 Å². The van der Waals surface area contributed by atoms with E-state index in [1.807, 2.05) is 0 Å². The van der Waals surface area contributed by atoms with Crippen molar-refractivity contribution in [3.63, 3.8) is 0 Å². The van der Waals surface area contributed by atoms with Crippen molar-refractivity contribution >= 4 is 33.9 Å². The highest BCUT2D eigenvalue weighted by molar-refractivity contribution is 7.18. The average Bonchev–Trinajstić information content (AvgIpc) is 2.89. The van der Waals surface area contributed by atoms with E-state index in [4.69, 9.17) is 0 Å². The van der Waals surface area contributed by atoms with E-state index in [1.165, 1.54) is 13.1 Å². The van der Waals surface area contributed by atoms with Crippen molar-refractivity contribution in [1.29, 1.82) is 0 Å². The Morgan fingerprint density at radius 2 is 2.17 bits per heavy atom. The topological polar surface area (TPSA) is 92.2 Å². The molecule has 0 saturated carbocycles. The standard InChI is InChI=1S/C15H12FN3O3S/c1-7(20)18-15-19-11-3-2-10(13(22)14(11)23-15)12(21)8-4-9(16)6-17-5-8/h4-6,21H,2-3H2,1H3,(H,18,19,20). The molecule has 1 amide bonds. The lowest BCUT2D eigenvalue weighted by Crippen LogP contribution is -2.14. The van der Waals surface area contributed by atoms with Crippen molar-refractivity contribution in [2.45, 2.75) is 19.8 Å². The number of carbonyl (C=O) groups is 2. The highest BCUT2D eigenvalue weighted by atomic mass is 32.1. The van der Waals surface area contributed by atoms with Gasteiger partial charge in [0.15, 0.2) is 5.13 Å². The van der Waals surface area contributed by atoms with Crippen LogP contribution in [0.2, 0.25) is 0 Å². The van der Waals surface area contributed by atoms with Crippen molar-refractivity contribution < 1.29 is 19.1 Å². The van der Waals surface area contributed by atoms with Gasteiger partial charge in [0.25, 0.3) is 0 Å². The zero-order valence-corrected chi connectivity index (χ0v) is 12.9. The van der Waals surface area contributed by atoms with Crippen molar-refractivity contribution in [3.8, 4) is 0 Å². The van der Waals surface area contributed by atoms with Crippen molar-refractivity contribution in [1.82, 2.24) is 9.97 Å². The molecule has 0 aromatic carbocycles. The minimum atomic E-state index is -0.593. The van der Waals surface area contributed by atoms with E-state index in [-0.39, 0.29) is 35.0 Å². The Morgan fingerprint density at radius 3 is 2.87 bits per heavy atom. The summed E-state index contributed by atoms with van der Waals surface area (Å²) in [6.07, 6.45) is 3.06. The SMILES string of the molecule is CC(=O)Nc1nc2c(s1)C(=O)C(=C(O)c1cncc(F)c1)CC2. The number of allylic oxidation sites excluding steroid dienone is 1. The summed E-state index contributed by atoms with van der Waals surface area (Å²) < 4.78 is 13.2. The molecule has 3 rings (SSSR count). The maximum atomic E-state index is 13.2. The van der Waals surface area contributed by atoms with Gasteiger partial charge in [-0.2, -0.15) is 0 Å². The monoisotopic (exact) mass is 333 g/mol. The predicted octanol–water partition coefficient (Wildman–Crippen LogP) is 2.73. The molecular formula is C15H12FN3O3S. The van der Waals surface area contributed by atoms with E-state index in [0.29, 0.717) is 22.1 Å². The van der Waals surface area contributed by atoms with Crippen LogP contribution in [0.15, 0.2) is 24.0 Å². The van der Waals surface area contributed by atoms with Gasteiger partial charge in [-0.3, -0.25) is 14.6 Å². The first-order valence-corrected chi connectivity index (χ1v) is 7.62. The molecule has 0 spiro atoms. The van der Waals surface area contributed by atoms with E-state index in [1.54, 1.807) is 0 Å². The molecule has 0 unspecified atom stereocenters. The number of thiazole rings is 1. The van der Waals surface area contributed by atoms with Crippen LogP contribution in [0.5, 0.6) is 0 Å². The fraction of sp³-hybridized carbons (Fsp3) is 0.200. The summed E-state index contributed by atoms with van der Waals surface area (Å²) >= 11 is 1.06. The number of carbonyl (C=O) groups excluding carboxylic acids is 2. The van der Waals surface area contributed by atoms with Gasteiger partial charge in [0, 0.05) is 24.3 Å². The Kier molecular flexibility index (Phi) is 3.91. The number of nitrogens with zero attached hydrogens (tertiary/aromatic N) is 2. The van der Waals surface area contributed by atoms with E-state index < -0.39 is 5.82 Å². The number of fused-ring (bicyclic) bond motifs is 1. The molecule has 118 valence electrons. The van der Waals surface area contributed by atoms with Gasteiger partial charge < -0.3 is 10.4 Å². The maximum Gasteiger partial charge on any atom is 0.223 e. The van der Waals surface area contributed by atoms with Crippen LogP contribution in [0.4, 0.5) is 9.52 Å². The third-order valence-electron chi connectivity index (χ3n) is 3.34. The summed E-state index contributed by atoms with van der Waals surface area (Å²) in [7, 11) is 0. The molecule has 1 aliphatic carbocycles. The number of pyridine rings is 1. The number of rotatable bonds is 2. The third kappa shape index (κ3) is 2.98. The number of aliphatic hydroxyl groups excluding tert-OH is 1. The lowest BCUT2D eigenvalue weighted by molar-refractivity contribution is -0.114. The minimum absolute atomic E-state index is 0.156. The number of aromatic nitrogens is 2. The second-order valence-electron chi connectivity index (χ2n) is 5.02. The highest BCUT2D eigenvalue weighted by Crippen LogP contribution is 2.34. The highest BCUT2D eigenvalue weighted by Gasteiger charge is 2.29. The molecule has 23 heavy (non-hydrogen) atoms. The molecular weight excluding hydrogens is 321 g/mol. The molecule has 0 aliphatic heterocycles. The molecule has 0 radical (unpaired) electrons. The zero-order chi connectivity index (χ0) is 16.6. The molecule has 2 N–H and O–H groups in total. The number of aliphatic hydroxyl groups is 1.